The van der Waals surface area contributed by atoms with E-state index in [2.05, 4.69) is 33.2 Å². The predicted octanol–water partition coefficient (Wildman–Crippen LogP) is 2.83. The zero-order valence-corrected chi connectivity index (χ0v) is 17.6. The molecule has 142 valence electrons. The third-order valence-corrected chi connectivity index (χ3v) is 6.75. The van der Waals surface area contributed by atoms with Gasteiger partial charge in [0.25, 0.3) is 0 Å². The van der Waals surface area contributed by atoms with Crippen molar-refractivity contribution in [1.82, 2.24) is 10.2 Å². The van der Waals surface area contributed by atoms with Crippen molar-refractivity contribution in [2.75, 3.05) is 23.5 Å². The van der Waals surface area contributed by atoms with Gasteiger partial charge in [-0.15, -0.1) is 11.8 Å². The Hall–Kier alpha value is -1.000. The van der Waals surface area contributed by atoms with Crippen molar-refractivity contribution >= 4 is 52.0 Å². The summed E-state index contributed by atoms with van der Waals surface area (Å²) in [7, 11) is 0. The Balaban J connectivity index is 1.42. The van der Waals surface area contributed by atoms with Crippen molar-refractivity contribution in [3.05, 3.63) is 27.8 Å². The quantitative estimate of drug-likeness (QED) is 0.569. The first-order valence-electron chi connectivity index (χ1n) is 8.98. The number of benzene rings is 1. The van der Waals surface area contributed by atoms with Crippen LogP contribution in [0.3, 0.4) is 0 Å². The monoisotopic (exact) mass is 488 g/mol. The van der Waals surface area contributed by atoms with Gasteiger partial charge in [-0.3, -0.25) is 4.79 Å². The summed E-state index contributed by atoms with van der Waals surface area (Å²) >= 11 is 4.01. The molecule has 0 aromatic heterocycles. The molecule has 8 heteroatoms. The van der Waals surface area contributed by atoms with Gasteiger partial charge in [0.1, 0.15) is 0 Å². The molecule has 0 bridgehead atoms. The van der Waals surface area contributed by atoms with E-state index >= 15 is 0 Å². The van der Waals surface area contributed by atoms with Crippen molar-refractivity contribution in [3.8, 4) is 0 Å². The van der Waals surface area contributed by atoms with Crippen molar-refractivity contribution < 1.29 is 9.59 Å². The Labute approximate surface area is 172 Å². The molecular formula is C18H25IN4O2S. The van der Waals surface area contributed by atoms with E-state index in [1.165, 1.54) is 0 Å². The molecule has 6 nitrogen and oxygen atoms in total. The molecule has 2 fully saturated rings. The van der Waals surface area contributed by atoms with Gasteiger partial charge in [-0.2, -0.15) is 0 Å². The van der Waals surface area contributed by atoms with E-state index < -0.39 is 6.04 Å². The van der Waals surface area contributed by atoms with Crippen LogP contribution in [-0.2, 0) is 4.79 Å². The molecule has 1 aromatic rings. The van der Waals surface area contributed by atoms with Gasteiger partial charge in [0.2, 0.25) is 5.91 Å². The highest BCUT2D eigenvalue weighted by Crippen LogP contribution is 2.28. The zero-order chi connectivity index (χ0) is 18.5. The minimum atomic E-state index is -0.407. The number of nitrogens with two attached hydrogens (primary N) is 1. The maximum atomic E-state index is 12.4. The van der Waals surface area contributed by atoms with E-state index in [0.29, 0.717) is 0 Å². The highest BCUT2D eigenvalue weighted by Gasteiger charge is 2.33. The highest BCUT2D eigenvalue weighted by molar-refractivity contribution is 14.1. The normalized spacial score (nSPS) is 24.2. The Kier molecular flexibility index (Phi) is 7.05. The number of thioether (sulfide) groups is 1. The second-order valence-electron chi connectivity index (χ2n) is 6.88. The van der Waals surface area contributed by atoms with Crippen LogP contribution in [-0.4, -0.2) is 47.1 Å². The van der Waals surface area contributed by atoms with Gasteiger partial charge in [0, 0.05) is 27.6 Å². The molecule has 4 N–H and O–H groups in total. The summed E-state index contributed by atoms with van der Waals surface area (Å²) in [5, 5.41) is 5.90. The molecule has 0 spiro atoms. The fraction of sp³-hybridized carbons (Fsp3) is 0.556. The maximum Gasteiger partial charge on any atom is 0.319 e. The first-order chi connectivity index (χ1) is 12.5. The number of urea groups is 1. The lowest BCUT2D eigenvalue weighted by molar-refractivity contribution is -0.132. The molecule has 1 saturated heterocycles. The lowest BCUT2D eigenvalue weighted by Gasteiger charge is -2.33. The van der Waals surface area contributed by atoms with Crippen LogP contribution in [0.2, 0.25) is 0 Å². The van der Waals surface area contributed by atoms with Gasteiger partial charge in [0.05, 0.1) is 11.9 Å². The number of hydrogen-bond donors (Lipinski definition) is 3. The van der Waals surface area contributed by atoms with Crippen LogP contribution in [0.1, 0.15) is 25.7 Å². The van der Waals surface area contributed by atoms with Gasteiger partial charge in [-0.25, -0.2) is 4.79 Å². The van der Waals surface area contributed by atoms with Crippen LogP contribution in [0.5, 0.6) is 0 Å². The zero-order valence-electron chi connectivity index (χ0n) is 14.6. The number of nitrogens with zero attached hydrogens (tertiary/aromatic N) is 1. The maximum absolute atomic E-state index is 12.4. The van der Waals surface area contributed by atoms with Gasteiger partial charge in [-0.05, 0) is 78.5 Å². The van der Waals surface area contributed by atoms with Crippen LogP contribution in [0.25, 0.3) is 0 Å². The Bertz CT molecular complexity index is 629. The Morgan fingerprint density at radius 1 is 1.19 bits per heavy atom. The lowest BCUT2D eigenvalue weighted by atomic mass is 9.81. The molecule has 2 aliphatic rings. The molecule has 26 heavy (non-hydrogen) atoms. The number of rotatable bonds is 4. The van der Waals surface area contributed by atoms with Crippen LogP contribution in [0.4, 0.5) is 10.5 Å². The molecule has 1 atom stereocenters. The lowest BCUT2D eigenvalue weighted by Crippen LogP contribution is -2.49. The molecule has 1 aliphatic carbocycles. The minimum Gasteiger partial charge on any atom is -0.335 e. The molecule has 3 rings (SSSR count). The van der Waals surface area contributed by atoms with Gasteiger partial charge < -0.3 is 21.3 Å². The van der Waals surface area contributed by atoms with Crippen molar-refractivity contribution in [1.29, 1.82) is 0 Å². The Morgan fingerprint density at radius 2 is 1.88 bits per heavy atom. The number of anilines is 1. The molecule has 3 amide bonds. The second kappa shape index (κ2) is 9.27. The molecule has 1 aliphatic heterocycles. The number of nitrogens with one attached hydrogen (secondary N) is 2. The SMILES string of the molecule is N[C@H](C(=O)N1CCSC1)C1CCC(NC(=O)Nc2ccc(I)cc2)CC1. The third-order valence-electron chi connectivity index (χ3n) is 5.07. The minimum absolute atomic E-state index is 0.0860. The summed E-state index contributed by atoms with van der Waals surface area (Å²) in [6.45, 7) is 0.812. The molecular weight excluding hydrogens is 463 g/mol. The van der Waals surface area contributed by atoms with Crippen molar-refractivity contribution in [2.45, 2.75) is 37.8 Å². The summed E-state index contributed by atoms with van der Waals surface area (Å²) in [6, 6.07) is 7.25. The number of carbonyl (C=O) groups excluding carboxylic acids is 2. The van der Waals surface area contributed by atoms with Gasteiger partial charge in [-0.1, -0.05) is 0 Å². The van der Waals surface area contributed by atoms with Gasteiger partial charge >= 0.3 is 6.03 Å². The fourth-order valence-electron chi connectivity index (χ4n) is 3.51. The summed E-state index contributed by atoms with van der Waals surface area (Å²) in [4.78, 5) is 26.5. The molecule has 1 saturated carbocycles. The second-order valence-corrected chi connectivity index (χ2v) is 9.20. The van der Waals surface area contributed by atoms with E-state index in [4.69, 9.17) is 5.73 Å². The largest absolute Gasteiger partial charge is 0.335 e. The topological polar surface area (TPSA) is 87.5 Å². The molecule has 1 aromatic carbocycles. The van der Waals surface area contributed by atoms with E-state index in [1.54, 1.807) is 11.8 Å². The van der Waals surface area contributed by atoms with E-state index in [9.17, 15) is 9.59 Å². The van der Waals surface area contributed by atoms with Gasteiger partial charge in [0.15, 0.2) is 0 Å². The number of halogens is 1. The first-order valence-corrected chi connectivity index (χ1v) is 11.2. The average Bonchev–Trinajstić information content (AvgIpc) is 3.18. The summed E-state index contributed by atoms with van der Waals surface area (Å²) in [6.07, 6.45) is 3.48. The van der Waals surface area contributed by atoms with Crippen LogP contribution >= 0.6 is 34.4 Å². The first kappa shape index (κ1) is 19.8. The molecule has 0 radical (unpaired) electrons. The molecule has 0 unspecified atom stereocenters. The smallest absolute Gasteiger partial charge is 0.319 e. The van der Waals surface area contributed by atoms with Crippen LogP contribution < -0.4 is 16.4 Å². The van der Waals surface area contributed by atoms with E-state index in [0.717, 1.165) is 53.1 Å². The van der Waals surface area contributed by atoms with Crippen LogP contribution in [0, 0.1) is 9.49 Å². The number of amides is 3. The highest BCUT2D eigenvalue weighted by atomic mass is 127. The summed E-state index contributed by atoms with van der Waals surface area (Å²) in [5.74, 6) is 2.07. The summed E-state index contributed by atoms with van der Waals surface area (Å²) in [5.41, 5.74) is 7.02. The van der Waals surface area contributed by atoms with Crippen LogP contribution in [0.15, 0.2) is 24.3 Å². The number of carbonyl (C=O) groups is 2. The molecule has 1 heterocycles. The fourth-order valence-corrected chi connectivity index (χ4v) is 4.82. The van der Waals surface area contributed by atoms with Crippen molar-refractivity contribution in [2.24, 2.45) is 11.7 Å². The van der Waals surface area contributed by atoms with E-state index in [1.807, 2.05) is 29.2 Å². The predicted molar refractivity (Wildman–Crippen MR) is 114 cm³/mol. The Morgan fingerprint density at radius 3 is 2.50 bits per heavy atom. The standard InChI is InChI=1S/C18H25IN4O2S/c19-13-3-7-15(8-4-13)22-18(25)21-14-5-1-12(2-6-14)16(20)17(24)23-9-10-26-11-23/h3-4,7-8,12,14,16H,1-2,5-6,9-11,20H2,(H2,21,22,25)/t12?,14?,16-/m0/s1. The van der Waals surface area contributed by atoms with Crippen molar-refractivity contribution in [3.63, 3.8) is 0 Å². The number of hydrogen-bond acceptors (Lipinski definition) is 4. The third kappa shape index (κ3) is 5.26. The average molecular weight is 488 g/mol. The summed E-state index contributed by atoms with van der Waals surface area (Å²) < 4.78 is 1.13. The van der Waals surface area contributed by atoms with E-state index in [-0.39, 0.29) is 23.9 Å².